The van der Waals surface area contributed by atoms with Crippen LogP contribution in [0.2, 0.25) is 0 Å². The molecular formula is C16H27N3O2. The third kappa shape index (κ3) is 5.02. The molecule has 0 aliphatic carbocycles. The van der Waals surface area contributed by atoms with Crippen LogP contribution in [-0.4, -0.2) is 43.2 Å². The summed E-state index contributed by atoms with van der Waals surface area (Å²) in [6.07, 6.45) is 0. The van der Waals surface area contributed by atoms with Gasteiger partial charge in [-0.05, 0) is 45.0 Å². The Bertz CT molecular complexity index is 463. The maximum atomic E-state index is 12.4. The minimum atomic E-state index is -0.212. The molecule has 5 heteroatoms. The molecule has 0 spiro atoms. The smallest absolute Gasteiger partial charge is 0.241 e. The molecule has 1 aromatic rings. The Morgan fingerprint density at radius 2 is 2.14 bits per heavy atom. The highest BCUT2D eigenvalue weighted by Crippen LogP contribution is 2.20. The van der Waals surface area contributed by atoms with Gasteiger partial charge in [0, 0.05) is 24.5 Å². The van der Waals surface area contributed by atoms with Crippen molar-refractivity contribution < 1.29 is 9.53 Å². The maximum absolute atomic E-state index is 12.4. The number of benzene rings is 1. The Morgan fingerprint density at radius 1 is 1.43 bits per heavy atom. The molecule has 118 valence electrons. The van der Waals surface area contributed by atoms with Crippen LogP contribution in [0, 0.1) is 6.92 Å². The second kappa shape index (κ2) is 8.64. The lowest BCUT2D eigenvalue weighted by Gasteiger charge is -2.27. The SMILES string of the molecule is CCOCCN(CC)C(C)C(=O)Nc1cccc(N)c1C. The minimum Gasteiger partial charge on any atom is -0.398 e. The summed E-state index contributed by atoms with van der Waals surface area (Å²) in [4.78, 5) is 14.5. The van der Waals surface area contributed by atoms with E-state index >= 15 is 0 Å². The van der Waals surface area contributed by atoms with Crippen molar-refractivity contribution in [3.63, 3.8) is 0 Å². The Balaban J connectivity index is 2.66. The highest BCUT2D eigenvalue weighted by atomic mass is 16.5. The van der Waals surface area contributed by atoms with Crippen LogP contribution >= 0.6 is 0 Å². The number of ether oxygens (including phenoxy) is 1. The van der Waals surface area contributed by atoms with Crippen molar-refractivity contribution in [1.29, 1.82) is 0 Å². The van der Waals surface area contributed by atoms with Gasteiger partial charge in [0.1, 0.15) is 0 Å². The van der Waals surface area contributed by atoms with E-state index in [4.69, 9.17) is 10.5 Å². The zero-order valence-electron chi connectivity index (χ0n) is 13.5. The monoisotopic (exact) mass is 293 g/mol. The average Bonchev–Trinajstić information content (AvgIpc) is 2.48. The lowest BCUT2D eigenvalue weighted by molar-refractivity contribution is -0.120. The van der Waals surface area contributed by atoms with Crippen molar-refractivity contribution in [2.45, 2.75) is 33.7 Å². The van der Waals surface area contributed by atoms with Crippen LogP contribution in [0.5, 0.6) is 0 Å². The number of nitrogen functional groups attached to an aromatic ring is 1. The molecule has 0 saturated heterocycles. The molecule has 0 bridgehead atoms. The highest BCUT2D eigenvalue weighted by molar-refractivity contribution is 5.95. The van der Waals surface area contributed by atoms with Crippen molar-refractivity contribution in [2.75, 3.05) is 37.4 Å². The first kappa shape index (κ1) is 17.5. The van der Waals surface area contributed by atoms with E-state index in [1.807, 2.05) is 45.9 Å². The largest absolute Gasteiger partial charge is 0.398 e. The number of anilines is 2. The van der Waals surface area contributed by atoms with Gasteiger partial charge in [-0.1, -0.05) is 13.0 Å². The number of nitrogens with one attached hydrogen (secondary N) is 1. The van der Waals surface area contributed by atoms with Gasteiger partial charge >= 0.3 is 0 Å². The molecule has 5 nitrogen and oxygen atoms in total. The second-order valence-corrected chi connectivity index (χ2v) is 5.01. The first-order valence-electron chi connectivity index (χ1n) is 7.49. The Labute approximate surface area is 127 Å². The molecule has 0 radical (unpaired) electrons. The predicted octanol–water partition coefficient (Wildman–Crippen LogP) is 2.26. The Morgan fingerprint density at radius 3 is 2.76 bits per heavy atom. The summed E-state index contributed by atoms with van der Waals surface area (Å²) < 4.78 is 5.36. The van der Waals surface area contributed by atoms with Gasteiger partial charge in [-0.15, -0.1) is 0 Å². The number of rotatable bonds is 8. The molecule has 0 aromatic heterocycles. The van der Waals surface area contributed by atoms with Crippen molar-refractivity contribution in [2.24, 2.45) is 0 Å². The second-order valence-electron chi connectivity index (χ2n) is 5.01. The summed E-state index contributed by atoms with van der Waals surface area (Å²) >= 11 is 0. The average molecular weight is 293 g/mol. The van der Waals surface area contributed by atoms with Crippen LogP contribution in [0.4, 0.5) is 11.4 Å². The molecule has 0 aliphatic heterocycles. The number of hydrogen-bond donors (Lipinski definition) is 2. The molecule has 0 saturated carbocycles. The summed E-state index contributed by atoms with van der Waals surface area (Å²) in [5, 5.41) is 2.95. The normalized spacial score (nSPS) is 12.4. The summed E-state index contributed by atoms with van der Waals surface area (Å²) in [7, 11) is 0. The number of nitrogens with zero attached hydrogens (tertiary/aromatic N) is 1. The Hall–Kier alpha value is -1.59. The fourth-order valence-corrected chi connectivity index (χ4v) is 2.14. The van der Waals surface area contributed by atoms with Crippen LogP contribution in [0.25, 0.3) is 0 Å². The van der Waals surface area contributed by atoms with Gasteiger partial charge in [-0.2, -0.15) is 0 Å². The molecule has 1 aromatic carbocycles. The molecule has 0 heterocycles. The first-order chi connectivity index (χ1) is 10.0. The molecule has 1 amide bonds. The Kier molecular flexibility index (Phi) is 7.19. The van der Waals surface area contributed by atoms with Crippen molar-refractivity contribution in [1.82, 2.24) is 4.90 Å². The van der Waals surface area contributed by atoms with Gasteiger partial charge in [0.2, 0.25) is 5.91 Å². The number of likely N-dealkylation sites (N-methyl/N-ethyl adjacent to an activating group) is 1. The topological polar surface area (TPSA) is 67.6 Å². The molecule has 0 aliphatic rings. The van der Waals surface area contributed by atoms with Crippen LogP contribution in [0.1, 0.15) is 26.3 Å². The van der Waals surface area contributed by atoms with Crippen LogP contribution < -0.4 is 11.1 Å². The molecule has 1 atom stereocenters. The van der Waals surface area contributed by atoms with Gasteiger partial charge in [-0.3, -0.25) is 9.69 Å². The summed E-state index contributed by atoms with van der Waals surface area (Å²) in [5.74, 6) is -0.0259. The molecule has 21 heavy (non-hydrogen) atoms. The number of nitrogens with two attached hydrogens (primary N) is 1. The van der Waals surface area contributed by atoms with E-state index in [2.05, 4.69) is 10.2 Å². The van der Waals surface area contributed by atoms with E-state index in [1.165, 1.54) is 0 Å². The zero-order valence-corrected chi connectivity index (χ0v) is 13.5. The fraction of sp³-hybridized carbons (Fsp3) is 0.562. The quantitative estimate of drug-likeness (QED) is 0.570. The minimum absolute atomic E-state index is 0.0259. The van der Waals surface area contributed by atoms with E-state index in [9.17, 15) is 4.79 Å². The summed E-state index contributed by atoms with van der Waals surface area (Å²) in [6.45, 7) is 10.7. The molecular weight excluding hydrogens is 266 g/mol. The van der Waals surface area contributed by atoms with E-state index in [1.54, 1.807) is 0 Å². The number of hydrogen-bond acceptors (Lipinski definition) is 4. The molecule has 3 N–H and O–H groups in total. The van der Waals surface area contributed by atoms with Crippen LogP contribution in [0.3, 0.4) is 0 Å². The lowest BCUT2D eigenvalue weighted by Crippen LogP contribution is -2.43. The first-order valence-corrected chi connectivity index (χ1v) is 7.49. The zero-order chi connectivity index (χ0) is 15.8. The number of carbonyl (C=O) groups excluding carboxylic acids is 1. The van der Waals surface area contributed by atoms with E-state index in [0.29, 0.717) is 18.9 Å². The van der Waals surface area contributed by atoms with E-state index in [-0.39, 0.29) is 11.9 Å². The molecule has 1 rings (SSSR count). The summed E-state index contributed by atoms with van der Waals surface area (Å²) in [6, 6.07) is 5.33. The van der Waals surface area contributed by atoms with Gasteiger partial charge in [0.05, 0.1) is 12.6 Å². The third-order valence-electron chi connectivity index (χ3n) is 3.69. The van der Waals surface area contributed by atoms with Crippen molar-refractivity contribution >= 4 is 17.3 Å². The fourth-order valence-electron chi connectivity index (χ4n) is 2.14. The predicted molar refractivity (Wildman–Crippen MR) is 87.4 cm³/mol. The molecule has 1 unspecified atom stereocenters. The van der Waals surface area contributed by atoms with Crippen LogP contribution in [-0.2, 0) is 9.53 Å². The van der Waals surface area contributed by atoms with Crippen molar-refractivity contribution in [3.8, 4) is 0 Å². The molecule has 0 fully saturated rings. The van der Waals surface area contributed by atoms with E-state index < -0.39 is 0 Å². The standard InChI is InChI=1S/C16H27N3O2/c1-5-19(10-11-21-6-2)13(4)16(20)18-15-9-7-8-14(17)12(15)3/h7-9,13H,5-6,10-11,17H2,1-4H3,(H,18,20). The number of amides is 1. The number of carbonyl (C=O) groups is 1. The highest BCUT2D eigenvalue weighted by Gasteiger charge is 2.20. The van der Waals surface area contributed by atoms with Crippen molar-refractivity contribution in [3.05, 3.63) is 23.8 Å². The van der Waals surface area contributed by atoms with Gasteiger partial charge in [0.15, 0.2) is 0 Å². The maximum Gasteiger partial charge on any atom is 0.241 e. The van der Waals surface area contributed by atoms with Crippen LogP contribution in [0.15, 0.2) is 18.2 Å². The van der Waals surface area contributed by atoms with Gasteiger partial charge in [-0.25, -0.2) is 0 Å². The third-order valence-corrected chi connectivity index (χ3v) is 3.69. The van der Waals surface area contributed by atoms with E-state index in [0.717, 1.165) is 24.3 Å². The van der Waals surface area contributed by atoms with Gasteiger partial charge < -0.3 is 15.8 Å². The lowest BCUT2D eigenvalue weighted by atomic mass is 10.1. The van der Waals surface area contributed by atoms with Gasteiger partial charge in [0.25, 0.3) is 0 Å². The summed E-state index contributed by atoms with van der Waals surface area (Å²) in [5.41, 5.74) is 8.22.